The molecule has 542 valence electrons. The number of aromatic nitrogens is 2. The molecule has 3 aliphatic heterocycles. The van der Waals surface area contributed by atoms with Crippen LogP contribution in [0.2, 0.25) is 0 Å². The quantitative estimate of drug-likeness (QED) is 0.0297. The summed E-state index contributed by atoms with van der Waals surface area (Å²) in [5, 5.41) is 154. The third kappa shape index (κ3) is 22.4. The number of aliphatic carboxylic acids is 2. The number of H-pyrrole nitrogens is 1. The second-order valence-electron chi connectivity index (χ2n) is 22.9. The van der Waals surface area contributed by atoms with Gasteiger partial charge in [0.05, 0.1) is 57.2 Å². The third-order valence-electron chi connectivity index (χ3n) is 15.5. The second-order valence-corrected chi connectivity index (χ2v) is 22.9. The van der Waals surface area contributed by atoms with E-state index in [0.717, 1.165) is 39.5 Å². The number of aromatic amines is 1. The number of hydrogen-bond acceptors (Lipinski definition) is 29. The summed E-state index contributed by atoms with van der Waals surface area (Å²) < 4.78 is 23.2. The van der Waals surface area contributed by atoms with E-state index < -0.39 is 263 Å². The lowest BCUT2D eigenvalue weighted by Crippen LogP contribution is -2.69. The van der Waals surface area contributed by atoms with E-state index in [-0.39, 0.29) is 25.1 Å². The molecule has 3 fully saturated rings. The van der Waals surface area contributed by atoms with Crippen LogP contribution in [0.25, 0.3) is 0 Å². The molecule has 0 unspecified atom stereocenters. The van der Waals surface area contributed by atoms with Gasteiger partial charge in [-0.25, -0.2) is 4.98 Å². The number of carboxylic acid groups (broad SMARTS) is 2. The average Bonchev–Trinajstić information content (AvgIpc) is 0.923. The molecule has 42 heteroatoms. The zero-order valence-electron chi connectivity index (χ0n) is 52.5. The Morgan fingerprint density at radius 2 is 1.17 bits per heavy atom. The first kappa shape index (κ1) is 80.6. The van der Waals surface area contributed by atoms with E-state index in [4.69, 9.17) is 29.8 Å². The van der Waals surface area contributed by atoms with E-state index in [1.165, 1.54) is 12.5 Å². The molecule has 10 amide bonds. The highest BCUT2D eigenvalue weighted by Crippen LogP contribution is 2.31. The normalized spacial score (nSPS) is 26.3. The summed E-state index contributed by atoms with van der Waals surface area (Å²) in [7, 11) is 0. The summed E-state index contributed by atoms with van der Waals surface area (Å²) in [5.74, 6) is -15.1. The number of hydrogen-bond donors (Lipinski definition) is 24. The lowest BCUT2D eigenvalue weighted by molar-refractivity contribution is -0.347. The fourth-order valence-corrected chi connectivity index (χ4v) is 10.1. The van der Waals surface area contributed by atoms with Crippen molar-refractivity contribution in [3.63, 3.8) is 0 Å². The van der Waals surface area contributed by atoms with E-state index in [1.54, 1.807) is 0 Å². The van der Waals surface area contributed by atoms with Crippen LogP contribution in [0.1, 0.15) is 66.0 Å². The number of nitrogens with two attached hydrogens (primary N) is 1. The zero-order chi connectivity index (χ0) is 72.2. The minimum atomic E-state index is -2.27. The largest absolute Gasteiger partial charge is 0.481 e. The van der Waals surface area contributed by atoms with Crippen molar-refractivity contribution in [2.45, 2.75) is 207 Å². The number of ether oxygens (including phenoxy) is 4. The Hall–Kier alpha value is -7.79. The van der Waals surface area contributed by atoms with Gasteiger partial charge in [0.25, 0.3) is 0 Å². The number of amides is 10. The number of carboxylic acids is 2. The Labute approximate surface area is 545 Å². The maximum Gasteiger partial charge on any atom is 0.322 e. The lowest BCUT2D eigenvalue weighted by atomic mass is 9.95. The topological polar surface area (TPSA) is 671 Å². The van der Waals surface area contributed by atoms with Crippen LogP contribution in [0.4, 0.5) is 0 Å². The number of likely N-dealkylation sites (tertiary alicyclic amines) is 1. The summed E-state index contributed by atoms with van der Waals surface area (Å²) in [6.45, 7) is -0.200. The first-order valence-corrected chi connectivity index (χ1v) is 30.1. The Bertz CT molecular complexity index is 2820. The van der Waals surface area contributed by atoms with Crippen molar-refractivity contribution < 1.29 is 143 Å². The summed E-state index contributed by atoms with van der Waals surface area (Å²) in [6.07, 6.45) is -23.9. The molecule has 0 bridgehead atoms. The summed E-state index contributed by atoms with van der Waals surface area (Å²) >= 11 is 0. The lowest BCUT2D eigenvalue weighted by Gasteiger charge is -2.48. The third-order valence-corrected chi connectivity index (χ3v) is 15.5. The summed E-state index contributed by atoms with van der Waals surface area (Å²) in [5.41, 5.74) is 5.90. The van der Waals surface area contributed by atoms with Gasteiger partial charge in [-0.15, -0.1) is 0 Å². The van der Waals surface area contributed by atoms with Gasteiger partial charge in [0.1, 0.15) is 110 Å². The molecule has 23 atom stereocenters. The molecule has 1 aromatic rings. The van der Waals surface area contributed by atoms with E-state index in [9.17, 15) is 119 Å². The van der Waals surface area contributed by atoms with Crippen molar-refractivity contribution in [2.24, 2.45) is 5.73 Å². The van der Waals surface area contributed by atoms with E-state index in [1.807, 2.05) is 0 Å². The Balaban J connectivity index is 1.66. The minimum Gasteiger partial charge on any atom is -0.481 e. The highest BCUT2D eigenvalue weighted by molar-refractivity contribution is 5.99. The van der Waals surface area contributed by atoms with Crippen LogP contribution in [0.15, 0.2) is 12.5 Å². The van der Waals surface area contributed by atoms with Crippen LogP contribution in [0.3, 0.4) is 0 Å². The van der Waals surface area contributed by atoms with Crippen LogP contribution < -0.4 is 53.6 Å². The zero-order valence-corrected chi connectivity index (χ0v) is 52.5. The number of aliphatic hydroxyl groups is 11. The summed E-state index contributed by atoms with van der Waals surface area (Å²) in [6, 6.07) is -18.9. The highest BCUT2D eigenvalue weighted by atomic mass is 16.7. The standard InChI is InChI=1S/C54H87N13O29/c1-19(72)34(55)49(89)60-25(8-9-32(76)77)44(84)66-37(22(4)93-53-38(59-23(5)75)43(40(81)31(17-71)94-53)96-54-42(83)41(82)39(80)30(16-70)95-54)51(91)64-35(20(2)73)50(90)63-27(14-68)46(86)61-26(11-24-12-56-18-58-24)45(85)62-28(15-69)47(87)65-36(21(3)74)52(92)67-10-6-7-29(67)48(88)57-13-33(78)79/h12,18-22,25-31,34-43,53-54,68-74,80-83H,6-11,13-17,55H2,1-5H3,(H,56,58)(H,57,88)(H,59,75)(H,60,89)(H,61,86)(H,62,85)(H,63,90)(H,64,91)(H,65,87)(H,66,84)(H,76,77)(H,78,79)/t19-,20-,21-,22-,25+,26+,27+,28+,29+,30-,31-,34+,35+,36+,37+,38-,39+,40+,41+,42-,43-,53+,54+/m1/s1. The fourth-order valence-electron chi connectivity index (χ4n) is 10.1. The molecule has 4 heterocycles. The summed E-state index contributed by atoms with van der Waals surface area (Å²) in [4.78, 5) is 168. The highest BCUT2D eigenvalue weighted by Gasteiger charge is 2.53. The van der Waals surface area contributed by atoms with Gasteiger partial charge < -0.3 is 149 Å². The van der Waals surface area contributed by atoms with Gasteiger partial charge in [0.2, 0.25) is 59.1 Å². The second kappa shape index (κ2) is 37.6. The van der Waals surface area contributed by atoms with E-state index in [2.05, 4.69) is 57.8 Å². The van der Waals surface area contributed by atoms with Gasteiger partial charge in [-0.2, -0.15) is 0 Å². The van der Waals surface area contributed by atoms with Crippen molar-refractivity contribution in [3.8, 4) is 0 Å². The first-order chi connectivity index (χ1) is 45.1. The van der Waals surface area contributed by atoms with Crippen molar-refractivity contribution in [2.75, 3.05) is 39.5 Å². The SMILES string of the molecule is CC(=O)N[C@H]1[C@@H](O[C@H](C)[C@H](NC(=O)[C@H](CCC(=O)O)NC(=O)[C@@H](N)[C@@H](C)O)C(=O)N[C@H](C(=O)N[C@@H](CO)C(=O)N[C@@H](Cc2cnc[nH]2)C(=O)N[C@@H](CO)C(=O)N[C@H](C(=O)N2CCC[C@H]2C(=O)NCC(=O)O)[C@@H](C)O)[C@@H](C)O)O[C@H](CO)[C@H](O)[C@@H]1O[C@@H]1O[C@H](CO)[C@H](O)[C@H](O)[C@H]1O. The molecule has 4 rings (SSSR count). The van der Waals surface area contributed by atoms with Crippen LogP contribution in [0, 0.1) is 0 Å². The van der Waals surface area contributed by atoms with Gasteiger partial charge in [0, 0.05) is 38.2 Å². The van der Waals surface area contributed by atoms with Gasteiger partial charge in [-0.3, -0.25) is 57.5 Å². The molecular formula is C54H87N13O29. The molecule has 0 aliphatic carbocycles. The average molecular weight is 1380 g/mol. The smallest absolute Gasteiger partial charge is 0.322 e. The van der Waals surface area contributed by atoms with Gasteiger partial charge in [-0.1, -0.05) is 0 Å². The first-order valence-electron chi connectivity index (χ1n) is 30.1. The Morgan fingerprint density at radius 3 is 1.71 bits per heavy atom. The number of carbonyl (C=O) groups is 12. The number of nitrogens with zero attached hydrogens (tertiary/aromatic N) is 2. The monoisotopic (exact) mass is 1380 g/mol. The molecule has 0 spiro atoms. The van der Waals surface area contributed by atoms with Gasteiger partial charge in [0.15, 0.2) is 12.6 Å². The molecule has 25 N–H and O–H groups in total. The molecule has 0 saturated carbocycles. The van der Waals surface area contributed by atoms with E-state index >= 15 is 0 Å². The van der Waals surface area contributed by atoms with E-state index in [0.29, 0.717) is 0 Å². The van der Waals surface area contributed by atoms with Crippen molar-refractivity contribution in [3.05, 3.63) is 18.2 Å². The van der Waals surface area contributed by atoms with Crippen LogP contribution >= 0.6 is 0 Å². The Morgan fingerprint density at radius 1 is 0.646 bits per heavy atom. The van der Waals surface area contributed by atoms with Crippen LogP contribution in [0.5, 0.6) is 0 Å². The maximum absolute atomic E-state index is 14.7. The molecule has 3 aliphatic rings. The van der Waals surface area contributed by atoms with Crippen LogP contribution in [-0.4, -0.2) is 332 Å². The van der Waals surface area contributed by atoms with Crippen LogP contribution in [-0.2, 0) is 82.9 Å². The maximum atomic E-state index is 14.7. The van der Waals surface area contributed by atoms with Crippen molar-refractivity contribution >= 4 is 71.0 Å². The molecule has 3 saturated heterocycles. The molecule has 0 radical (unpaired) electrons. The van der Waals surface area contributed by atoms with Crippen molar-refractivity contribution in [1.29, 1.82) is 0 Å². The number of carbonyl (C=O) groups excluding carboxylic acids is 10. The minimum absolute atomic E-state index is 0.0498. The molecule has 1 aromatic heterocycles. The van der Waals surface area contributed by atoms with Gasteiger partial charge in [-0.05, 0) is 47.0 Å². The van der Waals surface area contributed by atoms with Gasteiger partial charge >= 0.3 is 11.9 Å². The molecule has 96 heavy (non-hydrogen) atoms. The predicted octanol–water partition coefficient (Wildman–Crippen LogP) is -14.0. The molecule has 0 aromatic carbocycles. The molecular weight excluding hydrogens is 1290 g/mol. The predicted molar refractivity (Wildman–Crippen MR) is 314 cm³/mol. The Kier molecular flexibility index (Phi) is 31.6. The fraction of sp³-hybridized carbons (Fsp3) is 0.722. The van der Waals surface area contributed by atoms with Crippen molar-refractivity contribution in [1.82, 2.24) is 62.7 Å². The molecule has 42 nitrogen and oxygen atoms in total. The number of aliphatic hydroxyl groups excluding tert-OH is 11. The number of rotatable bonds is 36. The number of nitrogens with one attached hydrogen (secondary N) is 10. The number of imidazole rings is 1.